The third kappa shape index (κ3) is 4.84. The highest BCUT2D eigenvalue weighted by Gasteiger charge is 2.27. The van der Waals surface area contributed by atoms with Crippen LogP contribution in [-0.2, 0) is 21.2 Å². The van der Waals surface area contributed by atoms with Crippen LogP contribution in [0, 0.1) is 5.92 Å². The normalized spacial score (nSPS) is 17.0. The van der Waals surface area contributed by atoms with Crippen LogP contribution in [0.5, 0.6) is 11.5 Å². The molecule has 0 aliphatic carbocycles. The molecule has 136 valence electrons. The molecular formula is C17H27NO5S. The molecule has 0 radical (unpaired) electrons. The summed E-state index contributed by atoms with van der Waals surface area (Å²) in [6, 6.07) is 5.96. The van der Waals surface area contributed by atoms with Gasteiger partial charge in [-0.25, -0.2) is 12.7 Å². The molecule has 1 aromatic rings. The monoisotopic (exact) mass is 357 g/mol. The Hall–Kier alpha value is -1.31. The van der Waals surface area contributed by atoms with Crippen LogP contribution in [0.15, 0.2) is 18.2 Å². The van der Waals surface area contributed by atoms with E-state index in [2.05, 4.69) is 0 Å². The molecule has 0 atom stereocenters. The predicted molar refractivity (Wildman–Crippen MR) is 93.2 cm³/mol. The van der Waals surface area contributed by atoms with Gasteiger partial charge >= 0.3 is 0 Å². The topological polar surface area (TPSA) is 65.1 Å². The Morgan fingerprint density at radius 1 is 1.08 bits per heavy atom. The van der Waals surface area contributed by atoms with E-state index in [9.17, 15) is 8.42 Å². The van der Waals surface area contributed by atoms with E-state index in [0.717, 1.165) is 30.8 Å². The maximum Gasteiger partial charge on any atom is 0.216 e. The number of piperidine rings is 1. The van der Waals surface area contributed by atoms with Gasteiger partial charge in [-0.3, -0.25) is 0 Å². The number of benzene rings is 1. The lowest BCUT2D eigenvalue weighted by atomic mass is 9.91. The van der Waals surface area contributed by atoms with Crippen molar-refractivity contribution in [1.82, 2.24) is 4.31 Å². The van der Waals surface area contributed by atoms with Crippen molar-refractivity contribution in [2.45, 2.75) is 19.3 Å². The molecule has 0 saturated carbocycles. The molecule has 1 aliphatic rings. The molecule has 1 fully saturated rings. The molecule has 1 aromatic carbocycles. The molecule has 0 unspecified atom stereocenters. The zero-order chi connectivity index (χ0) is 17.6. The highest BCUT2D eigenvalue weighted by Crippen LogP contribution is 2.30. The maximum atomic E-state index is 12.2. The second-order valence-electron chi connectivity index (χ2n) is 6.04. The Kier molecular flexibility index (Phi) is 6.89. The van der Waals surface area contributed by atoms with E-state index in [0.29, 0.717) is 19.0 Å². The predicted octanol–water partition coefficient (Wildman–Crippen LogP) is 1.93. The first kappa shape index (κ1) is 19.0. The van der Waals surface area contributed by atoms with Crippen molar-refractivity contribution in [3.63, 3.8) is 0 Å². The summed E-state index contributed by atoms with van der Waals surface area (Å²) in [4.78, 5) is 0. The fourth-order valence-electron chi connectivity index (χ4n) is 3.05. The fraction of sp³-hybridized carbons (Fsp3) is 0.647. The van der Waals surface area contributed by atoms with Crippen LogP contribution in [0.4, 0.5) is 0 Å². The summed E-state index contributed by atoms with van der Waals surface area (Å²) in [7, 11) is 1.58. The summed E-state index contributed by atoms with van der Waals surface area (Å²) >= 11 is 0. The molecular weight excluding hydrogens is 330 g/mol. The fourth-order valence-corrected chi connectivity index (χ4v) is 4.45. The number of ether oxygens (including phenoxy) is 3. The smallest absolute Gasteiger partial charge is 0.216 e. The van der Waals surface area contributed by atoms with Crippen molar-refractivity contribution in [1.29, 1.82) is 0 Å². The van der Waals surface area contributed by atoms with Crippen molar-refractivity contribution in [3.8, 4) is 11.5 Å². The minimum absolute atomic E-state index is 0.0594. The zero-order valence-corrected chi connectivity index (χ0v) is 15.5. The molecule has 0 amide bonds. The number of sulfonamides is 1. The van der Waals surface area contributed by atoms with Gasteiger partial charge in [0.25, 0.3) is 0 Å². The Labute approximate surface area is 144 Å². The lowest BCUT2D eigenvalue weighted by molar-refractivity contribution is 0.213. The Morgan fingerprint density at radius 2 is 1.75 bits per heavy atom. The summed E-state index contributed by atoms with van der Waals surface area (Å²) in [5.74, 6) is 2.00. The molecule has 0 bridgehead atoms. The first-order valence-electron chi connectivity index (χ1n) is 8.18. The third-order valence-electron chi connectivity index (χ3n) is 4.48. The van der Waals surface area contributed by atoms with Crippen molar-refractivity contribution in [3.05, 3.63) is 23.8 Å². The van der Waals surface area contributed by atoms with Gasteiger partial charge < -0.3 is 14.2 Å². The van der Waals surface area contributed by atoms with Crippen LogP contribution in [0.3, 0.4) is 0 Å². The van der Waals surface area contributed by atoms with Gasteiger partial charge in [-0.05, 0) is 42.9 Å². The second kappa shape index (κ2) is 8.69. The highest BCUT2D eigenvalue weighted by molar-refractivity contribution is 7.89. The van der Waals surface area contributed by atoms with E-state index < -0.39 is 10.0 Å². The summed E-state index contributed by atoms with van der Waals surface area (Å²) in [5, 5.41) is 0. The lowest BCUT2D eigenvalue weighted by Gasteiger charge is -2.31. The van der Waals surface area contributed by atoms with Crippen molar-refractivity contribution >= 4 is 10.0 Å². The SMILES string of the molecule is COCCS(=O)(=O)N1CCC(Cc2ccc(OC)c(OC)c2)CC1. The molecule has 1 heterocycles. The molecule has 1 saturated heterocycles. The Balaban J connectivity index is 1.91. The molecule has 1 aliphatic heterocycles. The van der Waals surface area contributed by atoms with Gasteiger partial charge in [0, 0.05) is 20.2 Å². The van der Waals surface area contributed by atoms with Crippen molar-refractivity contribution in [2.75, 3.05) is 46.8 Å². The second-order valence-corrected chi connectivity index (χ2v) is 8.13. The number of hydrogen-bond donors (Lipinski definition) is 0. The highest BCUT2D eigenvalue weighted by atomic mass is 32.2. The maximum absolute atomic E-state index is 12.2. The van der Waals surface area contributed by atoms with Crippen LogP contribution in [0.2, 0.25) is 0 Å². The van der Waals surface area contributed by atoms with Gasteiger partial charge in [0.2, 0.25) is 10.0 Å². The number of rotatable bonds is 8. The van der Waals surface area contributed by atoms with Crippen molar-refractivity contribution < 1.29 is 22.6 Å². The zero-order valence-electron chi connectivity index (χ0n) is 14.7. The average molecular weight is 357 g/mol. The summed E-state index contributed by atoms with van der Waals surface area (Å²) < 4.78 is 41.4. The van der Waals surface area contributed by atoms with E-state index in [-0.39, 0.29) is 12.4 Å². The number of hydrogen-bond acceptors (Lipinski definition) is 5. The van der Waals surface area contributed by atoms with E-state index in [4.69, 9.17) is 14.2 Å². The first-order valence-corrected chi connectivity index (χ1v) is 9.78. The van der Waals surface area contributed by atoms with Gasteiger partial charge in [-0.15, -0.1) is 0 Å². The largest absolute Gasteiger partial charge is 0.493 e. The minimum atomic E-state index is -3.19. The minimum Gasteiger partial charge on any atom is -0.493 e. The average Bonchev–Trinajstić information content (AvgIpc) is 2.60. The lowest BCUT2D eigenvalue weighted by Crippen LogP contribution is -2.40. The quantitative estimate of drug-likeness (QED) is 0.711. The van der Waals surface area contributed by atoms with Crippen LogP contribution in [0.25, 0.3) is 0 Å². The van der Waals surface area contributed by atoms with Gasteiger partial charge in [0.05, 0.1) is 26.6 Å². The molecule has 0 spiro atoms. The summed E-state index contributed by atoms with van der Waals surface area (Å²) in [5.41, 5.74) is 1.19. The first-order chi connectivity index (χ1) is 11.5. The van der Waals surface area contributed by atoms with Crippen LogP contribution < -0.4 is 9.47 Å². The van der Waals surface area contributed by atoms with Gasteiger partial charge in [0.1, 0.15) is 0 Å². The van der Waals surface area contributed by atoms with E-state index in [1.165, 1.54) is 12.7 Å². The number of methoxy groups -OCH3 is 3. The van der Waals surface area contributed by atoms with Gasteiger partial charge in [0.15, 0.2) is 11.5 Å². The van der Waals surface area contributed by atoms with E-state index in [1.54, 1.807) is 18.5 Å². The van der Waals surface area contributed by atoms with Crippen LogP contribution >= 0.6 is 0 Å². The Bertz CT molecular complexity index is 624. The van der Waals surface area contributed by atoms with E-state index >= 15 is 0 Å². The molecule has 0 N–H and O–H groups in total. The standard InChI is InChI=1S/C17H27NO5S/c1-21-10-11-24(19,20)18-8-6-14(7-9-18)12-15-4-5-16(22-2)17(13-15)23-3/h4-5,13-14H,6-12H2,1-3H3. The van der Waals surface area contributed by atoms with E-state index in [1.807, 2.05) is 18.2 Å². The summed E-state index contributed by atoms with van der Waals surface area (Å²) in [6.07, 6.45) is 2.67. The molecule has 7 heteroatoms. The van der Waals surface area contributed by atoms with Gasteiger partial charge in [-0.1, -0.05) is 6.07 Å². The molecule has 2 rings (SSSR count). The third-order valence-corrected chi connectivity index (χ3v) is 6.32. The molecule has 0 aromatic heterocycles. The van der Waals surface area contributed by atoms with Crippen LogP contribution in [-0.4, -0.2) is 59.5 Å². The summed E-state index contributed by atoms with van der Waals surface area (Å²) in [6.45, 7) is 1.42. The molecule has 6 nitrogen and oxygen atoms in total. The van der Waals surface area contributed by atoms with Crippen LogP contribution in [0.1, 0.15) is 18.4 Å². The van der Waals surface area contributed by atoms with Crippen molar-refractivity contribution in [2.24, 2.45) is 5.92 Å². The number of nitrogens with zero attached hydrogens (tertiary/aromatic N) is 1. The molecule has 24 heavy (non-hydrogen) atoms. The Morgan fingerprint density at radius 3 is 2.33 bits per heavy atom. The van der Waals surface area contributed by atoms with Gasteiger partial charge in [-0.2, -0.15) is 0 Å².